The standard InChI is InChI=1S/C16H30N2O2/c1-20-16(19)9-7-11-17-10-6-8-15(14-17)18-12-4-2-3-5-13-18/h15H,2-14H2,1H3/t15-/m1/s1. The van der Waals surface area contributed by atoms with E-state index in [0.29, 0.717) is 6.42 Å². The van der Waals surface area contributed by atoms with E-state index in [-0.39, 0.29) is 5.97 Å². The number of esters is 1. The highest BCUT2D eigenvalue weighted by Crippen LogP contribution is 2.20. The topological polar surface area (TPSA) is 32.8 Å². The Morgan fingerprint density at radius 1 is 1.10 bits per heavy atom. The molecule has 2 aliphatic heterocycles. The Morgan fingerprint density at radius 2 is 1.85 bits per heavy atom. The predicted octanol–water partition coefficient (Wildman–Crippen LogP) is 2.28. The predicted molar refractivity (Wildman–Crippen MR) is 80.8 cm³/mol. The molecule has 0 radical (unpaired) electrons. The lowest BCUT2D eigenvalue weighted by molar-refractivity contribution is -0.140. The molecule has 2 fully saturated rings. The van der Waals surface area contributed by atoms with Crippen LogP contribution >= 0.6 is 0 Å². The van der Waals surface area contributed by atoms with Gasteiger partial charge in [0.2, 0.25) is 0 Å². The summed E-state index contributed by atoms with van der Waals surface area (Å²) in [6.45, 7) is 6.02. The molecule has 4 heteroatoms. The molecule has 4 nitrogen and oxygen atoms in total. The molecule has 0 unspecified atom stereocenters. The van der Waals surface area contributed by atoms with E-state index in [9.17, 15) is 4.79 Å². The Kier molecular flexibility index (Phi) is 6.80. The average molecular weight is 282 g/mol. The van der Waals surface area contributed by atoms with E-state index in [0.717, 1.165) is 19.0 Å². The fourth-order valence-electron chi connectivity index (χ4n) is 3.54. The molecule has 0 aromatic carbocycles. The zero-order valence-electron chi connectivity index (χ0n) is 13.0. The van der Waals surface area contributed by atoms with Gasteiger partial charge >= 0.3 is 5.97 Å². The molecule has 2 rings (SSSR count). The van der Waals surface area contributed by atoms with Gasteiger partial charge in [-0.05, 0) is 58.3 Å². The van der Waals surface area contributed by atoms with E-state index in [1.165, 1.54) is 71.8 Å². The molecule has 0 saturated carbocycles. The first-order valence-corrected chi connectivity index (χ1v) is 8.33. The third-order valence-corrected chi connectivity index (χ3v) is 4.72. The minimum Gasteiger partial charge on any atom is -0.469 e. The Labute approximate surface area is 123 Å². The van der Waals surface area contributed by atoms with Crippen LogP contribution in [0.1, 0.15) is 51.4 Å². The summed E-state index contributed by atoms with van der Waals surface area (Å²) in [5.74, 6) is -0.0777. The van der Waals surface area contributed by atoms with Crippen LogP contribution in [-0.4, -0.2) is 61.6 Å². The van der Waals surface area contributed by atoms with Gasteiger partial charge in [0.15, 0.2) is 0 Å². The normalized spacial score (nSPS) is 26.1. The molecule has 0 aliphatic carbocycles. The summed E-state index contributed by atoms with van der Waals surface area (Å²) in [5, 5.41) is 0. The maximum Gasteiger partial charge on any atom is 0.305 e. The van der Waals surface area contributed by atoms with E-state index in [1.807, 2.05) is 0 Å². The molecule has 1 atom stereocenters. The van der Waals surface area contributed by atoms with Crippen molar-refractivity contribution in [1.82, 2.24) is 9.80 Å². The van der Waals surface area contributed by atoms with Crippen LogP contribution in [-0.2, 0) is 9.53 Å². The van der Waals surface area contributed by atoms with Gasteiger partial charge < -0.3 is 9.64 Å². The minimum atomic E-state index is -0.0777. The quantitative estimate of drug-likeness (QED) is 0.724. The first kappa shape index (κ1) is 15.8. The second-order valence-electron chi connectivity index (χ2n) is 6.23. The van der Waals surface area contributed by atoms with Gasteiger partial charge in [0.05, 0.1) is 7.11 Å². The van der Waals surface area contributed by atoms with Gasteiger partial charge in [-0.15, -0.1) is 0 Å². The summed E-state index contributed by atoms with van der Waals surface area (Å²) in [6.07, 6.45) is 9.71. The first-order valence-electron chi connectivity index (χ1n) is 8.33. The Bertz CT molecular complexity index is 288. The highest BCUT2D eigenvalue weighted by atomic mass is 16.5. The van der Waals surface area contributed by atoms with Gasteiger partial charge in [-0.25, -0.2) is 0 Å². The highest BCUT2D eigenvalue weighted by Gasteiger charge is 2.25. The van der Waals surface area contributed by atoms with Gasteiger partial charge in [0.1, 0.15) is 0 Å². The third kappa shape index (κ3) is 5.06. The van der Waals surface area contributed by atoms with E-state index >= 15 is 0 Å². The van der Waals surface area contributed by atoms with Gasteiger partial charge in [0.25, 0.3) is 0 Å². The maximum absolute atomic E-state index is 11.2. The number of methoxy groups -OCH3 is 1. The molecule has 2 aliphatic rings. The van der Waals surface area contributed by atoms with Crippen molar-refractivity contribution in [3.8, 4) is 0 Å². The zero-order valence-corrected chi connectivity index (χ0v) is 13.0. The Hall–Kier alpha value is -0.610. The molecule has 0 aromatic heterocycles. The number of hydrogen-bond donors (Lipinski definition) is 0. The molecule has 0 amide bonds. The molecule has 0 bridgehead atoms. The molecule has 0 N–H and O–H groups in total. The van der Waals surface area contributed by atoms with Crippen molar-refractivity contribution in [3.63, 3.8) is 0 Å². The molecule has 0 aromatic rings. The second kappa shape index (κ2) is 8.63. The van der Waals surface area contributed by atoms with Gasteiger partial charge in [-0.1, -0.05) is 12.8 Å². The summed E-state index contributed by atoms with van der Waals surface area (Å²) in [4.78, 5) is 16.4. The number of ether oxygens (including phenoxy) is 1. The molecular weight excluding hydrogens is 252 g/mol. The van der Waals surface area contributed by atoms with Gasteiger partial charge in [-0.3, -0.25) is 9.69 Å². The van der Waals surface area contributed by atoms with Crippen molar-refractivity contribution in [1.29, 1.82) is 0 Å². The van der Waals surface area contributed by atoms with Gasteiger partial charge in [0, 0.05) is 19.0 Å². The van der Waals surface area contributed by atoms with Crippen LogP contribution in [0.25, 0.3) is 0 Å². The number of likely N-dealkylation sites (tertiary alicyclic amines) is 2. The largest absolute Gasteiger partial charge is 0.469 e. The smallest absolute Gasteiger partial charge is 0.305 e. The monoisotopic (exact) mass is 282 g/mol. The molecule has 2 heterocycles. The van der Waals surface area contributed by atoms with Crippen LogP contribution in [0.5, 0.6) is 0 Å². The number of carbonyl (C=O) groups is 1. The Balaban J connectivity index is 1.71. The van der Waals surface area contributed by atoms with Crippen LogP contribution in [0.4, 0.5) is 0 Å². The van der Waals surface area contributed by atoms with Crippen LogP contribution in [0, 0.1) is 0 Å². The maximum atomic E-state index is 11.2. The molecule has 0 spiro atoms. The first-order chi connectivity index (χ1) is 9.79. The fourth-order valence-corrected chi connectivity index (χ4v) is 3.54. The highest BCUT2D eigenvalue weighted by molar-refractivity contribution is 5.69. The van der Waals surface area contributed by atoms with Crippen LogP contribution in [0.2, 0.25) is 0 Å². The summed E-state index contributed by atoms with van der Waals surface area (Å²) < 4.78 is 4.70. The van der Waals surface area contributed by atoms with Crippen molar-refractivity contribution >= 4 is 5.97 Å². The number of piperidine rings is 1. The third-order valence-electron chi connectivity index (χ3n) is 4.72. The van der Waals surface area contributed by atoms with Crippen LogP contribution < -0.4 is 0 Å². The van der Waals surface area contributed by atoms with E-state index in [4.69, 9.17) is 4.74 Å². The average Bonchev–Trinajstić information content (AvgIpc) is 2.76. The zero-order chi connectivity index (χ0) is 14.2. The van der Waals surface area contributed by atoms with Crippen molar-refractivity contribution in [2.45, 2.75) is 57.4 Å². The lowest BCUT2D eigenvalue weighted by Crippen LogP contribution is -2.48. The number of hydrogen-bond acceptors (Lipinski definition) is 4. The van der Waals surface area contributed by atoms with Crippen molar-refractivity contribution in [3.05, 3.63) is 0 Å². The minimum absolute atomic E-state index is 0.0777. The fraction of sp³-hybridized carbons (Fsp3) is 0.938. The number of nitrogens with zero attached hydrogens (tertiary/aromatic N) is 2. The lowest BCUT2D eigenvalue weighted by atomic mass is 10.0. The van der Waals surface area contributed by atoms with Crippen molar-refractivity contribution < 1.29 is 9.53 Å². The Morgan fingerprint density at radius 3 is 2.55 bits per heavy atom. The summed E-state index contributed by atoms with van der Waals surface area (Å²) in [7, 11) is 1.47. The molecular formula is C16H30N2O2. The summed E-state index contributed by atoms with van der Waals surface area (Å²) in [5.41, 5.74) is 0. The summed E-state index contributed by atoms with van der Waals surface area (Å²) >= 11 is 0. The van der Waals surface area contributed by atoms with E-state index < -0.39 is 0 Å². The van der Waals surface area contributed by atoms with Crippen molar-refractivity contribution in [2.24, 2.45) is 0 Å². The van der Waals surface area contributed by atoms with Crippen LogP contribution in [0.15, 0.2) is 0 Å². The number of carbonyl (C=O) groups excluding carboxylic acids is 1. The number of rotatable bonds is 5. The van der Waals surface area contributed by atoms with E-state index in [2.05, 4.69) is 9.80 Å². The second-order valence-corrected chi connectivity index (χ2v) is 6.23. The summed E-state index contributed by atoms with van der Waals surface area (Å²) in [6, 6.07) is 0.750. The molecule has 20 heavy (non-hydrogen) atoms. The molecule has 2 saturated heterocycles. The SMILES string of the molecule is COC(=O)CCCN1CCC[C@@H](N2CCCCCC2)C1. The molecule has 116 valence electrons. The van der Waals surface area contributed by atoms with Crippen LogP contribution in [0.3, 0.4) is 0 Å². The van der Waals surface area contributed by atoms with Gasteiger partial charge in [-0.2, -0.15) is 0 Å². The van der Waals surface area contributed by atoms with Crippen molar-refractivity contribution in [2.75, 3.05) is 39.8 Å². The van der Waals surface area contributed by atoms with E-state index in [1.54, 1.807) is 0 Å². The lowest BCUT2D eigenvalue weighted by Gasteiger charge is -2.39.